The van der Waals surface area contributed by atoms with Gasteiger partial charge in [0.2, 0.25) is 0 Å². The van der Waals surface area contributed by atoms with Gasteiger partial charge in [-0.05, 0) is 55.7 Å². The van der Waals surface area contributed by atoms with Crippen molar-refractivity contribution in [3.8, 4) is 6.07 Å². The zero-order valence-electron chi connectivity index (χ0n) is 18.5. The Labute approximate surface area is 194 Å². The van der Waals surface area contributed by atoms with E-state index in [-0.39, 0.29) is 28.5 Å². The Bertz CT molecular complexity index is 1240. The fourth-order valence-corrected chi connectivity index (χ4v) is 3.27. The Morgan fingerprint density at radius 2 is 1.82 bits per heavy atom. The maximum absolute atomic E-state index is 13.4. The maximum Gasteiger partial charge on any atom is 0.418 e. The Kier molecular flexibility index (Phi) is 7.46. The highest BCUT2D eigenvalue weighted by Crippen LogP contribution is 2.39. The predicted molar refractivity (Wildman–Crippen MR) is 122 cm³/mol. The van der Waals surface area contributed by atoms with Gasteiger partial charge < -0.3 is 11.1 Å². The van der Waals surface area contributed by atoms with E-state index in [9.17, 15) is 22.8 Å². The number of benzene rings is 2. The molecule has 10 heteroatoms. The van der Waals surface area contributed by atoms with Gasteiger partial charge in [0.1, 0.15) is 23.4 Å². The lowest BCUT2D eigenvalue weighted by Crippen LogP contribution is -2.05. The van der Waals surface area contributed by atoms with E-state index in [1.54, 1.807) is 6.92 Å². The van der Waals surface area contributed by atoms with Gasteiger partial charge in [-0.3, -0.25) is 0 Å². The van der Waals surface area contributed by atoms with Crippen molar-refractivity contribution in [1.29, 1.82) is 5.26 Å². The van der Waals surface area contributed by atoms with Crippen LogP contribution in [-0.2, 0) is 12.6 Å². The molecule has 0 aliphatic heterocycles. The first kappa shape index (κ1) is 24.6. The van der Waals surface area contributed by atoms with Crippen LogP contribution in [0.25, 0.3) is 0 Å². The summed E-state index contributed by atoms with van der Waals surface area (Å²) in [5.41, 5.74) is 6.22. The molecule has 0 fully saturated rings. The topological polar surface area (TPSA) is 99.4 Å². The van der Waals surface area contributed by atoms with Crippen molar-refractivity contribution in [2.24, 2.45) is 10.2 Å². The van der Waals surface area contributed by atoms with Gasteiger partial charge in [0.15, 0.2) is 5.82 Å². The number of pyridine rings is 1. The van der Waals surface area contributed by atoms with Crippen LogP contribution in [0.2, 0.25) is 0 Å². The van der Waals surface area contributed by atoms with Crippen LogP contribution < -0.4 is 11.1 Å². The van der Waals surface area contributed by atoms with E-state index < -0.39 is 23.2 Å². The summed E-state index contributed by atoms with van der Waals surface area (Å²) >= 11 is 0. The molecule has 0 aliphatic rings. The second kappa shape index (κ2) is 10.3. The molecular weight excluding hydrogens is 448 g/mol. The van der Waals surface area contributed by atoms with E-state index in [4.69, 9.17) is 5.73 Å². The minimum Gasteiger partial charge on any atom is -0.383 e. The third kappa shape index (κ3) is 5.67. The molecule has 0 bridgehead atoms. The highest BCUT2D eigenvalue weighted by atomic mass is 19.4. The smallest absolute Gasteiger partial charge is 0.383 e. The number of unbranched alkanes of at least 4 members (excludes halogenated alkanes) is 1. The highest BCUT2D eigenvalue weighted by Gasteiger charge is 2.34. The van der Waals surface area contributed by atoms with Gasteiger partial charge in [-0.25, -0.2) is 9.37 Å². The average Bonchev–Trinajstić information content (AvgIpc) is 2.78. The van der Waals surface area contributed by atoms with Gasteiger partial charge in [0, 0.05) is 11.3 Å². The number of azo groups is 1. The van der Waals surface area contributed by atoms with Gasteiger partial charge in [-0.15, -0.1) is 10.2 Å². The fourth-order valence-electron chi connectivity index (χ4n) is 3.27. The molecule has 1 heterocycles. The molecule has 6 nitrogen and oxygen atoms in total. The number of halogens is 4. The number of nitrogens with one attached hydrogen (secondary N) is 1. The molecule has 3 N–H and O–H groups in total. The molecule has 0 amide bonds. The largest absolute Gasteiger partial charge is 0.418 e. The summed E-state index contributed by atoms with van der Waals surface area (Å²) in [4.78, 5) is 4.18. The zero-order chi connectivity index (χ0) is 24.9. The van der Waals surface area contributed by atoms with Crippen LogP contribution in [0.15, 0.2) is 52.7 Å². The number of nitriles is 1. The lowest BCUT2D eigenvalue weighted by molar-refractivity contribution is -0.137. The number of alkyl halides is 3. The first-order valence-corrected chi connectivity index (χ1v) is 10.5. The number of rotatable bonds is 7. The summed E-state index contributed by atoms with van der Waals surface area (Å²) in [7, 11) is 0. The maximum atomic E-state index is 13.4. The van der Waals surface area contributed by atoms with Crippen molar-refractivity contribution in [3.05, 3.63) is 70.5 Å². The summed E-state index contributed by atoms with van der Waals surface area (Å²) in [6.45, 7) is 3.65. The molecule has 0 atom stereocenters. The summed E-state index contributed by atoms with van der Waals surface area (Å²) in [6.07, 6.45) is -1.75. The molecule has 2 aromatic carbocycles. The SMILES string of the molecule is CCCCc1ccc(Nc2nc(N)c(C#N)c(C)c2/N=N/c2ccc(F)cc2C(F)(F)F)cc1. The standard InChI is InChI=1S/C24H22F4N6/c1-3-4-5-15-6-9-17(10-7-15)31-23-21(14(2)18(13-29)22(30)32-23)34-33-20-11-8-16(25)12-19(20)24(26,27)28/h6-12H,3-5H2,1-2H3,(H3,30,31,32)/b34-33+. The third-order valence-electron chi connectivity index (χ3n) is 5.11. The summed E-state index contributed by atoms with van der Waals surface area (Å²) in [5, 5.41) is 20.1. The van der Waals surface area contributed by atoms with E-state index in [2.05, 4.69) is 27.5 Å². The van der Waals surface area contributed by atoms with Crippen LogP contribution in [-0.4, -0.2) is 4.98 Å². The Hall–Kier alpha value is -4.00. The summed E-state index contributed by atoms with van der Waals surface area (Å²) in [5.74, 6) is -0.985. The first-order chi connectivity index (χ1) is 16.1. The van der Waals surface area contributed by atoms with Gasteiger partial charge in [0.25, 0.3) is 0 Å². The number of anilines is 3. The Morgan fingerprint density at radius 3 is 2.44 bits per heavy atom. The second-order valence-corrected chi connectivity index (χ2v) is 7.59. The minimum absolute atomic E-state index is 0.0320. The van der Waals surface area contributed by atoms with Crippen LogP contribution in [0.3, 0.4) is 0 Å². The lowest BCUT2D eigenvalue weighted by Gasteiger charge is -2.13. The number of nitrogens with zero attached hydrogens (tertiary/aromatic N) is 4. The zero-order valence-corrected chi connectivity index (χ0v) is 18.5. The molecule has 0 radical (unpaired) electrons. The number of nitrogen functional groups attached to an aromatic ring is 1. The van der Waals surface area contributed by atoms with Crippen LogP contribution in [0.5, 0.6) is 0 Å². The van der Waals surface area contributed by atoms with Crippen LogP contribution >= 0.6 is 0 Å². The van der Waals surface area contributed by atoms with E-state index in [1.807, 2.05) is 30.3 Å². The number of aryl methyl sites for hydroxylation is 1. The molecule has 3 aromatic rings. The normalized spacial score (nSPS) is 11.6. The molecule has 0 aliphatic carbocycles. The van der Waals surface area contributed by atoms with E-state index in [1.165, 1.54) is 0 Å². The summed E-state index contributed by atoms with van der Waals surface area (Å²) < 4.78 is 53.4. The molecule has 0 spiro atoms. The van der Waals surface area contributed by atoms with Crippen LogP contribution in [0.4, 0.5) is 46.3 Å². The first-order valence-electron chi connectivity index (χ1n) is 10.5. The number of hydrogen-bond acceptors (Lipinski definition) is 6. The van der Waals surface area contributed by atoms with Crippen molar-refractivity contribution in [3.63, 3.8) is 0 Å². The van der Waals surface area contributed by atoms with Crippen molar-refractivity contribution in [2.45, 2.75) is 39.3 Å². The van der Waals surface area contributed by atoms with Gasteiger partial charge in [-0.1, -0.05) is 25.5 Å². The van der Waals surface area contributed by atoms with E-state index in [0.717, 1.165) is 37.0 Å². The van der Waals surface area contributed by atoms with Crippen LogP contribution in [0, 0.1) is 24.1 Å². The molecule has 1 aromatic heterocycles. The molecule has 0 saturated heterocycles. The van der Waals surface area contributed by atoms with Gasteiger partial charge in [0.05, 0.1) is 16.8 Å². The Morgan fingerprint density at radius 1 is 1.12 bits per heavy atom. The predicted octanol–water partition coefficient (Wildman–Crippen LogP) is 7.50. The third-order valence-corrected chi connectivity index (χ3v) is 5.11. The molecule has 176 valence electrons. The number of nitrogens with two attached hydrogens (primary N) is 1. The van der Waals surface area contributed by atoms with Crippen molar-refractivity contribution in [2.75, 3.05) is 11.1 Å². The monoisotopic (exact) mass is 470 g/mol. The van der Waals surface area contributed by atoms with Crippen molar-refractivity contribution < 1.29 is 17.6 Å². The fraction of sp³-hybridized carbons (Fsp3) is 0.250. The minimum atomic E-state index is -4.83. The van der Waals surface area contributed by atoms with Crippen molar-refractivity contribution >= 4 is 28.7 Å². The lowest BCUT2D eigenvalue weighted by atomic mass is 10.1. The number of hydrogen-bond donors (Lipinski definition) is 2. The van der Waals surface area contributed by atoms with Gasteiger partial charge in [-0.2, -0.15) is 18.4 Å². The number of aromatic nitrogens is 1. The van der Waals surface area contributed by atoms with Crippen LogP contribution in [0.1, 0.15) is 42.0 Å². The molecule has 0 saturated carbocycles. The molecular formula is C24H22F4N6. The second-order valence-electron chi connectivity index (χ2n) is 7.59. The molecule has 34 heavy (non-hydrogen) atoms. The van der Waals surface area contributed by atoms with E-state index >= 15 is 0 Å². The quantitative estimate of drug-likeness (QED) is 0.276. The molecule has 3 rings (SSSR count). The summed E-state index contributed by atoms with van der Waals surface area (Å²) in [6, 6.07) is 11.6. The van der Waals surface area contributed by atoms with Crippen molar-refractivity contribution in [1.82, 2.24) is 4.98 Å². The molecule has 0 unspecified atom stereocenters. The Balaban J connectivity index is 2.03. The van der Waals surface area contributed by atoms with E-state index in [0.29, 0.717) is 11.8 Å². The average molecular weight is 470 g/mol. The van der Waals surface area contributed by atoms with Gasteiger partial charge >= 0.3 is 6.18 Å². The highest BCUT2D eigenvalue weighted by molar-refractivity contribution is 5.76.